The molecule has 0 saturated carbocycles. The van der Waals surface area contributed by atoms with Gasteiger partial charge >= 0.3 is 0 Å². The average molecular weight is 248 g/mol. The van der Waals surface area contributed by atoms with Gasteiger partial charge in [0, 0.05) is 13.1 Å². The first kappa shape index (κ1) is 12.7. The second-order valence-corrected chi connectivity index (χ2v) is 4.46. The van der Waals surface area contributed by atoms with E-state index in [4.69, 9.17) is 0 Å². The summed E-state index contributed by atoms with van der Waals surface area (Å²) in [5.41, 5.74) is 1.05. The van der Waals surface area contributed by atoms with Gasteiger partial charge in [-0.05, 0) is 31.5 Å². The smallest absolute Gasteiger partial charge is 0.149 e. The standard InChI is InChI=1S/C13H17FN4/c1-9(11-4-6-12(14)7-5-11)16-10(2)13-17-15-8-18(13)3/h4-10,16H,1-3H3. The fourth-order valence-electron chi connectivity index (χ4n) is 1.98. The molecule has 0 aliphatic heterocycles. The fraction of sp³-hybridized carbons (Fsp3) is 0.385. The summed E-state index contributed by atoms with van der Waals surface area (Å²) in [6.45, 7) is 4.07. The van der Waals surface area contributed by atoms with Crippen LogP contribution in [0.2, 0.25) is 0 Å². The molecule has 96 valence electrons. The molecule has 2 aromatic rings. The van der Waals surface area contributed by atoms with Crippen molar-refractivity contribution in [1.29, 1.82) is 0 Å². The predicted octanol–water partition coefficient (Wildman–Crippen LogP) is 2.37. The monoisotopic (exact) mass is 248 g/mol. The maximum atomic E-state index is 12.8. The summed E-state index contributed by atoms with van der Waals surface area (Å²) in [4.78, 5) is 0. The second-order valence-electron chi connectivity index (χ2n) is 4.46. The zero-order chi connectivity index (χ0) is 13.1. The van der Waals surface area contributed by atoms with E-state index in [2.05, 4.69) is 15.5 Å². The van der Waals surface area contributed by atoms with Crippen molar-refractivity contribution < 1.29 is 4.39 Å². The lowest BCUT2D eigenvalue weighted by molar-refractivity contribution is 0.465. The molecule has 0 aliphatic carbocycles. The molecule has 1 aromatic carbocycles. The van der Waals surface area contributed by atoms with Gasteiger partial charge in [0.2, 0.25) is 0 Å². The average Bonchev–Trinajstić information content (AvgIpc) is 2.76. The lowest BCUT2D eigenvalue weighted by Crippen LogP contribution is -2.24. The highest BCUT2D eigenvalue weighted by molar-refractivity contribution is 5.19. The number of hydrogen-bond donors (Lipinski definition) is 1. The highest BCUT2D eigenvalue weighted by atomic mass is 19.1. The molecular formula is C13H17FN4. The van der Waals surface area contributed by atoms with Gasteiger partial charge in [-0.1, -0.05) is 12.1 Å². The van der Waals surface area contributed by atoms with Gasteiger partial charge in [-0.15, -0.1) is 10.2 Å². The Kier molecular flexibility index (Phi) is 3.72. The van der Waals surface area contributed by atoms with Gasteiger partial charge in [-0.25, -0.2) is 4.39 Å². The normalized spacial score (nSPS) is 14.4. The van der Waals surface area contributed by atoms with Crippen molar-refractivity contribution in [2.24, 2.45) is 7.05 Å². The minimum Gasteiger partial charge on any atom is -0.319 e. The van der Waals surface area contributed by atoms with Crippen LogP contribution < -0.4 is 5.32 Å². The molecule has 1 N–H and O–H groups in total. The third-order valence-corrected chi connectivity index (χ3v) is 3.00. The zero-order valence-corrected chi connectivity index (χ0v) is 10.8. The Hall–Kier alpha value is -1.75. The first-order valence-corrected chi connectivity index (χ1v) is 5.93. The molecule has 4 nitrogen and oxygen atoms in total. The summed E-state index contributed by atoms with van der Waals surface area (Å²) in [7, 11) is 1.91. The molecule has 0 radical (unpaired) electrons. The van der Waals surface area contributed by atoms with Gasteiger partial charge in [0.25, 0.3) is 0 Å². The first-order valence-electron chi connectivity index (χ1n) is 5.93. The van der Waals surface area contributed by atoms with Crippen molar-refractivity contribution in [3.63, 3.8) is 0 Å². The third-order valence-electron chi connectivity index (χ3n) is 3.00. The first-order chi connectivity index (χ1) is 8.58. The summed E-state index contributed by atoms with van der Waals surface area (Å²) in [5, 5.41) is 11.3. The fourth-order valence-corrected chi connectivity index (χ4v) is 1.98. The Morgan fingerprint density at radius 1 is 1.17 bits per heavy atom. The molecule has 2 atom stereocenters. The van der Waals surface area contributed by atoms with E-state index in [0.717, 1.165) is 11.4 Å². The molecule has 0 fully saturated rings. The molecule has 2 rings (SSSR count). The number of halogens is 1. The van der Waals surface area contributed by atoms with Crippen LogP contribution in [-0.2, 0) is 7.05 Å². The second kappa shape index (κ2) is 5.27. The highest BCUT2D eigenvalue weighted by Gasteiger charge is 2.14. The number of aromatic nitrogens is 3. The molecule has 18 heavy (non-hydrogen) atoms. The Labute approximate surface area is 106 Å². The quantitative estimate of drug-likeness (QED) is 0.903. The predicted molar refractivity (Wildman–Crippen MR) is 67.4 cm³/mol. The van der Waals surface area contributed by atoms with Crippen LogP contribution in [0.4, 0.5) is 4.39 Å². The lowest BCUT2D eigenvalue weighted by atomic mass is 10.1. The van der Waals surface area contributed by atoms with Crippen LogP contribution in [0.5, 0.6) is 0 Å². The van der Waals surface area contributed by atoms with Crippen LogP contribution in [0.15, 0.2) is 30.6 Å². The summed E-state index contributed by atoms with van der Waals surface area (Å²) in [5.74, 6) is 0.663. The number of nitrogens with zero attached hydrogens (tertiary/aromatic N) is 3. The van der Waals surface area contributed by atoms with Crippen LogP contribution in [0.3, 0.4) is 0 Å². The third kappa shape index (κ3) is 2.73. The van der Waals surface area contributed by atoms with Gasteiger partial charge in [0.1, 0.15) is 18.0 Å². The van der Waals surface area contributed by atoms with Crippen molar-refractivity contribution in [3.05, 3.63) is 47.8 Å². The molecule has 5 heteroatoms. The topological polar surface area (TPSA) is 42.7 Å². The molecule has 0 amide bonds. The zero-order valence-electron chi connectivity index (χ0n) is 10.8. The molecule has 0 saturated heterocycles. The summed E-state index contributed by atoms with van der Waals surface area (Å²) < 4.78 is 14.7. The van der Waals surface area contributed by atoms with E-state index in [9.17, 15) is 4.39 Å². The molecule has 2 unspecified atom stereocenters. The van der Waals surface area contributed by atoms with Crippen molar-refractivity contribution in [2.45, 2.75) is 25.9 Å². The number of rotatable bonds is 4. The largest absolute Gasteiger partial charge is 0.319 e. The van der Waals surface area contributed by atoms with Gasteiger partial charge < -0.3 is 9.88 Å². The van der Waals surface area contributed by atoms with Crippen molar-refractivity contribution in [2.75, 3.05) is 0 Å². The highest BCUT2D eigenvalue weighted by Crippen LogP contribution is 2.17. The molecule has 0 aliphatic rings. The van der Waals surface area contributed by atoms with Crippen molar-refractivity contribution in [3.8, 4) is 0 Å². The SMILES string of the molecule is CC(NC(C)c1nncn1C)c1ccc(F)cc1. The van der Waals surface area contributed by atoms with E-state index in [1.807, 2.05) is 25.5 Å². The number of benzene rings is 1. The molecule has 1 aromatic heterocycles. The molecular weight excluding hydrogens is 231 g/mol. The lowest BCUT2D eigenvalue weighted by Gasteiger charge is -2.19. The van der Waals surface area contributed by atoms with Gasteiger partial charge in [0.15, 0.2) is 0 Å². The Bertz CT molecular complexity index is 506. The van der Waals surface area contributed by atoms with Crippen LogP contribution in [0.25, 0.3) is 0 Å². The number of nitrogens with one attached hydrogen (secondary N) is 1. The van der Waals surface area contributed by atoms with Crippen molar-refractivity contribution >= 4 is 0 Å². The Morgan fingerprint density at radius 2 is 1.83 bits per heavy atom. The minimum atomic E-state index is -0.215. The van der Waals surface area contributed by atoms with E-state index < -0.39 is 0 Å². The van der Waals surface area contributed by atoms with E-state index in [1.54, 1.807) is 18.5 Å². The van der Waals surface area contributed by atoms with Gasteiger partial charge in [-0.3, -0.25) is 0 Å². The minimum absolute atomic E-state index is 0.0811. The summed E-state index contributed by atoms with van der Waals surface area (Å²) in [6.07, 6.45) is 1.68. The van der Waals surface area contributed by atoms with Crippen LogP contribution in [0, 0.1) is 5.82 Å². The number of aryl methyl sites for hydroxylation is 1. The van der Waals surface area contributed by atoms with E-state index in [0.29, 0.717) is 0 Å². The van der Waals surface area contributed by atoms with Crippen LogP contribution in [-0.4, -0.2) is 14.8 Å². The molecule has 1 heterocycles. The summed E-state index contributed by atoms with van der Waals surface area (Å²) >= 11 is 0. The Balaban J connectivity index is 2.05. The molecule has 0 spiro atoms. The molecule has 0 bridgehead atoms. The number of hydrogen-bond acceptors (Lipinski definition) is 3. The van der Waals surface area contributed by atoms with Crippen LogP contribution in [0.1, 0.15) is 37.3 Å². The Morgan fingerprint density at radius 3 is 2.39 bits per heavy atom. The van der Waals surface area contributed by atoms with Crippen molar-refractivity contribution in [1.82, 2.24) is 20.1 Å². The van der Waals surface area contributed by atoms with E-state index in [-0.39, 0.29) is 17.9 Å². The van der Waals surface area contributed by atoms with Gasteiger partial charge in [0.05, 0.1) is 6.04 Å². The maximum absolute atomic E-state index is 12.8. The van der Waals surface area contributed by atoms with Crippen LogP contribution >= 0.6 is 0 Å². The van der Waals surface area contributed by atoms with E-state index >= 15 is 0 Å². The van der Waals surface area contributed by atoms with Gasteiger partial charge in [-0.2, -0.15) is 0 Å². The summed E-state index contributed by atoms with van der Waals surface area (Å²) in [6, 6.07) is 6.73. The van der Waals surface area contributed by atoms with E-state index in [1.165, 1.54) is 12.1 Å². The maximum Gasteiger partial charge on any atom is 0.149 e.